The number of carboxylic acids is 1. The van der Waals surface area contributed by atoms with Crippen molar-refractivity contribution in [3.63, 3.8) is 0 Å². The van der Waals surface area contributed by atoms with E-state index in [2.05, 4.69) is 11.9 Å². The maximum Gasteiger partial charge on any atom is 0.360 e. The average Bonchev–Trinajstić information content (AvgIpc) is 3.03. The molecule has 1 rings (SSSR count). The molecule has 1 atom stereocenters. The highest BCUT2D eigenvalue weighted by Crippen LogP contribution is 2.19. The zero-order valence-electron chi connectivity index (χ0n) is 19.0. The number of quaternary nitrogens is 1. The van der Waals surface area contributed by atoms with Crippen molar-refractivity contribution in [3.05, 3.63) is 5.21 Å². The van der Waals surface area contributed by atoms with Gasteiger partial charge in [-0.1, -0.05) is 110 Å². The van der Waals surface area contributed by atoms with E-state index in [0.717, 1.165) is 12.8 Å². The Hall–Kier alpha value is -0.940. The van der Waals surface area contributed by atoms with Crippen LogP contribution in [0.5, 0.6) is 0 Å². The highest BCUT2D eigenvalue weighted by molar-refractivity contribution is 5.80. The zero-order valence-corrected chi connectivity index (χ0v) is 19.0. The Morgan fingerprint density at radius 3 is 1.66 bits per heavy atom. The molecule has 1 heterocycles. The van der Waals surface area contributed by atoms with Gasteiger partial charge in [0.15, 0.2) is 12.4 Å². The molecule has 170 valence electrons. The van der Waals surface area contributed by atoms with Crippen LogP contribution in [0.15, 0.2) is 4.99 Å². The van der Waals surface area contributed by atoms with Gasteiger partial charge in [0, 0.05) is 6.42 Å². The number of rotatable bonds is 20. The quantitative estimate of drug-likeness (QED) is 0.136. The molecule has 0 bridgehead atoms. The largest absolute Gasteiger partial charge is 0.626 e. The lowest BCUT2D eigenvalue weighted by atomic mass is 10.0. The van der Waals surface area contributed by atoms with Crippen LogP contribution in [0.1, 0.15) is 122 Å². The maximum atomic E-state index is 12.5. The first-order valence-corrected chi connectivity index (χ1v) is 12.4. The molecule has 0 aromatic rings. The molecule has 0 aliphatic carbocycles. The minimum absolute atomic E-state index is 0.292. The number of hydrogen-bond acceptors (Lipinski definition) is 3. The molecule has 0 saturated heterocycles. The van der Waals surface area contributed by atoms with Gasteiger partial charge < -0.3 is 15.0 Å². The van der Waals surface area contributed by atoms with Crippen LogP contribution >= 0.6 is 0 Å². The molecule has 0 aromatic heterocycles. The number of hydrogen-bond donors (Lipinski definition) is 1. The number of amidine groups is 1. The number of hydroxylamine groups is 3. The molecule has 5 nitrogen and oxygen atoms in total. The van der Waals surface area contributed by atoms with Crippen LogP contribution in [0.2, 0.25) is 0 Å². The summed E-state index contributed by atoms with van der Waals surface area (Å²) in [6.07, 6.45) is 23.4. The van der Waals surface area contributed by atoms with E-state index >= 15 is 0 Å². The summed E-state index contributed by atoms with van der Waals surface area (Å²) < 4.78 is -0.728. The number of carboxylic acid groups (broad SMARTS) is 1. The fourth-order valence-electron chi connectivity index (χ4n) is 4.28. The second-order valence-electron chi connectivity index (χ2n) is 8.87. The van der Waals surface area contributed by atoms with Crippen molar-refractivity contribution in [2.75, 3.05) is 19.6 Å². The van der Waals surface area contributed by atoms with Gasteiger partial charge in [-0.15, -0.1) is 0 Å². The van der Waals surface area contributed by atoms with Crippen molar-refractivity contribution < 1.29 is 14.5 Å². The first-order chi connectivity index (χ1) is 14.1. The third kappa shape index (κ3) is 13.1. The molecular weight excluding hydrogens is 364 g/mol. The van der Waals surface area contributed by atoms with Gasteiger partial charge in [0.25, 0.3) is 0 Å². The summed E-state index contributed by atoms with van der Waals surface area (Å²) >= 11 is 0. The fraction of sp³-hybridized carbons (Fsp3) is 0.917. The predicted molar refractivity (Wildman–Crippen MR) is 122 cm³/mol. The summed E-state index contributed by atoms with van der Waals surface area (Å²) in [5.41, 5.74) is 0. The monoisotopic (exact) mass is 410 g/mol. The number of unbranched alkanes of at least 4 members (excludes halogenated alkanes) is 16. The molecule has 0 aromatic carbocycles. The lowest BCUT2D eigenvalue weighted by Gasteiger charge is -2.37. The molecule has 1 aliphatic heterocycles. The second-order valence-corrected chi connectivity index (χ2v) is 8.87. The van der Waals surface area contributed by atoms with Gasteiger partial charge in [-0.2, -0.15) is 0 Å². The van der Waals surface area contributed by atoms with Crippen LogP contribution < -0.4 is 0 Å². The Bertz CT molecular complexity index is 453. The maximum absolute atomic E-state index is 12.5. The summed E-state index contributed by atoms with van der Waals surface area (Å²) in [6, 6.07) is 0. The van der Waals surface area contributed by atoms with Crippen LogP contribution in [-0.2, 0) is 4.79 Å². The van der Waals surface area contributed by atoms with Crippen LogP contribution in [0.4, 0.5) is 0 Å². The molecule has 1 unspecified atom stereocenters. The number of carbonyl (C=O) groups is 1. The first kappa shape index (κ1) is 26.1. The lowest BCUT2D eigenvalue weighted by Crippen LogP contribution is -2.48. The molecule has 1 N–H and O–H groups in total. The Morgan fingerprint density at radius 1 is 0.828 bits per heavy atom. The summed E-state index contributed by atoms with van der Waals surface area (Å²) in [7, 11) is 0. The van der Waals surface area contributed by atoms with Gasteiger partial charge in [-0.05, 0) is 6.42 Å². The SMILES string of the molecule is CCCCCCCCCCCCCCCCCCCC1=NCC[N+]1([O-])CC(=O)O. The van der Waals surface area contributed by atoms with Crippen LogP contribution in [-0.4, -0.2) is 41.2 Å². The topological polar surface area (TPSA) is 72.7 Å². The van der Waals surface area contributed by atoms with E-state index in [1.165, 1.54) is 96.3 Å². The third-order valence-electron chi connectivity index (χ3n) is 6.12. The van der Waals surface area contributed by atoms with Crippen LogP contribution in [0.25, 0.3) is 0 Å². The summed E-state index contributed by atoms with van der Waals surface area (Å²) in [5.74, 6) is -0.481. The zero-order chi connectivity index (χ0) is 21.2. The average molecular weight is 411 g/mol. The Balaban J connectivity index is 1.83. The highest BCUT2D eigenvalue weighted by Gasteiger charge is 2.31. The molecular formula is C24H46N2O3. The van der Waals surface area contributed by atoms with Crippen molar-refractivity contribution in [2.45, 2.75) is 122 Å². The third-order valence-corrected chi connectivity index (χ3v) is 6.12. The summed E-state index contributed by atoms with van der Waals surface area (Å²) in [4.78, 5) is 15.1. The smallest absolute Gasteiger partial charge is 0.360 e. The molecule has 0 fully saturated rings. The second kappa shape index (κ2) is 16.8. The lowest BCUT2D eigenvalue weighted by molar-refractivity contribution is -0.775. The Morgan fingerprint density at radius 2 is 1.24 bits per heavy atom. The number of aliphatic carboxylic acids is 1. The van der Waals surface area contributed by atoms with E-state index in [4.69, 9.17) is 5.11 Å². The van der Waals surface area contributed by atoms with Gasteiger partial charge in [0.2, 0.25) is 0 Å². The molecule has 5 heteroatoms. The van der Waals surface area contributed by atoms with Crippen LogP contribution in [0.3, 0.4) is 0 Å². The molecule has 0 saturated carbocycles. The Kier molecular flexibility index (Phi) is 15.1. The van der Waals surface area contributed by atoms with E-state index in [-0.39, 0.29) is 6.54 Å². The number of nitrogens with zero attached hydrogens (tertiary/aromatic N) is 2. The summed E-state index contributed by atoms with van der Waals surface area (Å²) in [6.45, 7) is 2.67. The first-order valence-electron chi connectivity index (χ1n) is 12.4. The van der Waals surface area contributed by atoms with Gasteiger partial charge in [-0.25, -0.2) is 9.79 Å². The van der Waals surface area contributed by atoms with Crippen molar-refractivity contribution in [3.8, 4) is 0 Å². The molecule has 29 heavy (non-hydrogen) atoms. The minimum Gasteiger partial charge on any atom is -0.626 e. The van der Waals surface area contributed by atoms with E-state index < -0.39 is 10.6 Å². The van der Waals surface area contributed by atoms with Crippen molar-refractivity contribution in [2.24, 2.45) is 4.99 Å². The predicted octanol–water partition coefficient (Wildman–Crippen LogP) is 6.84. The van der Waals surface area contributed by atoms with Gasteiger partial charge in [0.1, 0.15) is 6.54 Å². The molecule has 1 aliphatic rings. The van der Waals surface area contributed by atoms with Gasteiger partial charge in [0.05, 0.1) is 6.54 Å². The molecule has 0 spiro atoms. The van der Waals surface area contributed by atoms with Crippen molar-refractivity contribution in [1.29, 1.82) is 0 Å². The Labute approximate surface area is 179 Å². The van der Waals surface area contributed by atoms with E-state index in [9.17, 15) is 10.0 Å². The van der Waals surface area contributed by atoms with Gasteiger partial charge in [-0.3, -0.25) is 0 Å². The van der Waals surface area contributed by atoms with Crippen molar-refractivity contribution >= 4 is 11.8 Å². The van der Waals surface area contributed by atoms with E-state index in [1.807, 2.05) is 0 Å². The molecule has 0 amide bonds. The molecule has 0 radical (unpaired) electrons. The number of aliphatic imine (C=N–C) groups is 1. The standard InChI is InChI=1S/C24H46N2O3/c1-2-3-4-5-6-7-8-9-10-11-12-13-14-15-16-17-18-19-23-25-20-21-26(23,29)22-24(27)28/h2-22H2,1H3,(H,27,28). The van der Waals surface area contributed by atoms with E-state index in [0.29, 0.717) is 25.3 Å². The van der Waals surface area contributed by atoms with E-state index in [1.54, 1.807) is 0 Å². The fourth-order valence-corrected chi connectivity index (χ4v) is 4.28. The minimum atomic E-state index is -1.03. The normalized spacial score (nSPS) is 18.9. The summed E-state index contributed by atoms with van der Waals surface area (Å²) in [5, 5.41) is 21.4. The van der Waals surface area contributed by atoms with Crippen molar-refractivity contribution in [1.82, 2.24) is 0 Å². The highest BCUT2D eigenvalue weighted by atomic mass is 16.6. The van der Waals surface area contributed by atoms with Crippen LogP contribution in [0, 0.1) is 5.21 Å². The van der Waals surface area contributed by atoms with Gasteiger partial charge >= 0.3 is 5.97 Å².